The van der Waals surface area contributed by atoms with Crippen LogP contribution in [0.2, 0.25) is 0 Å². The van der Waals surface area contributed by atoms with Crippen LogP contribution in [-0.4, -0.2) is 31.5 Å². The van der Waals surface area contributed by atoms with Gasteiger partial charge in [-0.05, 0) is 54.0 Å². The van der Waals surface area contributed by atoms with E-state index in [4.69, 9.17) is 15.2 Å². The lowest BCUT2D eigenvalue weighted by Crippen LogP contribution is -2.22. The van der Waals surface area contributed by atoms with Crippen molar-refractivity contribution in [1.29, 1.82) is 0 Å². The van der Waals surface area contributed by atoms with Crippen LogP contribution >= 0.6 is 11.8 Å². The van der Waals surface area contributed by atoms with E-state index in [1.807, 2.05) is 12.3 Å². The first-order valence-electron chi connectivity index (χ1n) is 8.41. The third-order valence-electron chi connectivity index (χ3n) is 4.86. The molecule has 142 valence electrons. The van der Waals surface area contributed by atoms with Crippen LogP contribution in [0.15, 0.2) is 34.0 Å². The Bertz CT molecular complexity index is 973. The lowest BCUT2D eigenvalue weighted by molar-refractivity contribution is -0.119. The maximum atomic E-state index is 12.6. The van der Waals surface area contributed by atoms with Gasteiger partial charge < -0.3 is 20.3 Å². The Labute approximate surface area is 161 Å². The van der Waals surface area contributed by atoms with Crippen molar-refractivity contribution in [3.05, 3.63) is 45.6 Å². The maximum Gasteiger partial charge on any atom is 0.224 e. The Morgan fingerprint density at radius 3 is 2.52 bits per heavy atom. The van der Waals surface area contributed by atoms with Crippen LogP contribution in [0, 0.1) is 0 Å². The number of hydrogen-bond donors (Lipinski definition) is 2. The largest absolute Gasteiger partial charge is 0.504 e. The Morgan fingerprint density at radius 1 is 1.22 bits per heavy atom. The SMILES string of the molecule is COc1c(O)cc2c(c1OC)-c1ccc(SC)c(=O)cc1C(C(N)=O)CC2. The molecule has 1 aliphatic rings. The molecular formula is C20H21NO5S. The van der Waals surface area contributed by atoms with Gasteiger partial charge in [-0.1, -0.05) is 6.07 Å². The third kappa shape index (κ3) is 3.23. The molecule has 0 radical (unpaired) electrons. The minimum absolute atomic E-state index is 0.0400. The van der Waals surface area contributed by atoms with Crippen molar-refractivity contribution in [1.82, 2.24) is 0 Å². The van der Waals surface area contributed by atoms with Crippen LogP contribution in [0.3, 0.4) is 0 Å². The van der Waals surface area contributed by atoms with E-state index in [1.165, 1.54) is 32.0 Å². The third-order valence-corrected chi connectivity index (χ3v) is 5.64. The maximum absolute atomic E-state index is 12.6. The number of methoxy groups -OCH3 is 2. The van der Waals surface area contributed by atoms with Gasteiger partial charge in [-0.3, -0.25) is 9.59 Å². The summed E-state index contributed by atoms with van der Waals surface area (Å²) < 4.78 is 10.9. The molecular weight excluding hydrogens is 366 g/mol. The first-order chi connectivity index (χ1) is 12.9. The number of rotatable bonds is 4. The minimum atomic E-state index is -0.611. The van der Waals surface area contributed by atoms with E-state index < -0.39 is 11.8 Å². The average molecular weight is 387 g/mol. The highest BCUT2D eigenvalue weighted by atomic mass is 32.2. The molecule has 3 N–H and O–H groups in total. The van der Waals surface area contributed by atoms with Crippen LogP contribution in [-0.2, 0) is 11.2 Å². The second-order valence-corrected chi connectivity index (χ2v) is 7.12. The van der Waals surface area contributed by atoms with Crippen molar-refractivity contribution in [2.75, 3.05) is 20.5 Å². The predicted octanol–water partition coefficient (Wildman–Crippen LogP) is 2.67. The highest BCUT2D eigenvalue weighted by molar-refractivity contribution is 7.98. The van der Waals surface area contributed by atoms with E-state index in [1.54, 1.807) is 12.1 Å². The van der Waals surface area contributed by atoms with E-state index in [-0.39, 0.29) is 16.9 Å². The molecule has 1 aliphatic carbocycles. The van der Waals surface area contributed by atoms with Crippen LogP contribution in [0.25, 0.3) is 11.1 Å². The van der Waals surface area contributed by atoms with Gasteiger partial charge in [0.05, 0.1) is 25.0 Å². The lowest BCUT2D eigenvalue weighted by atomic mass is 9.92. The van der Waals surface area contributed by atoms with Gasteiger partial charge in [0.1, 0.15) is 0 Å². The first kappa shape index (κ1) is 19.1. The summed E-state index contributed by atoms with van der Waals surface area (Å²) in [6, 6.07) is 6.65. The summed E-state index contributed by atoms with van der Waals surface area (Å²) in [5.41, 5.74) is 8.24. The number of carbonyl (C=O) groups excluding carboxylic acids is 1. The normalized spacial score (nSPS) is 15.3. The van der Waals surface area contributed by atoms with Crippen LogP contribution in [0.1, 0.15) is 23.5 Å². The zero-order valence-corrected chi connectivity index (χ0v) is 16.2. The van der Waals surface area contributed by atoms with Gasteiger partial charge in [-0.25, -0.2) is 0 Å². The van der Waals surface area contributed by atoms with Gasteiger partial charge in [-0.2, -0.15) is 0 Å². The van der Waals surface area contributed by atoms with Gasteiger partial charge in [0.15, 0.2) is 16.9 Å². The number of amides is 1. The molecule has 0 aliphatic heterocycles. The molecule has 27 heavy (non-hydrogen) atoms. The van der Waals surface area contributed by atoms with E-state index in [2.05, 4.69) is 0 Å². The number of thioether (sulfide) groups is 1. The van der Waals surface area contributed by atoms with Crippen LogP contribution in [0.4, 0.5) is 0 Å². The standard InChI is InChI=1S/C20H21NO5S/c1-25-18-15(23)8-10-4-5-12(20(21)24)13-9-14(22)16(27-3)7-6-11(13)17(10)19(18)26-2/h6-9,12,23H,4-5H2,1-3H3,(H2,21,24). The molecule has 7 heteroatoms. The number of nitrogens with two attached hydrogens (primary N) is 1. The predicted molar refractivity (Wildman–Crippen MR) is 105 cm³/mol. The van der Waals surface area contributed by atoms with E-state index >= 15 is 0 Å². The zero-order chi connectivity index (χ0) is 19.7. The summed E-state index contributed by atoms with van der Waals surface area (Å²) in [6.45, 7) is 0. The summed E-state index contributed by atoms with van der Waals surface area (Å²) >= 11 is 1.34. The molecule has 0 saturated heterocycles. The topological polar surface area (TPSA) is 98.8 Å². The number of phenolic OH excluding ortho intramolecular Hbond substituents is 1. The van der Waals surface area contributed by atoms with E-state index in [0.717, 1.165) is 5.56 Å². The van der Waals surface area contributed by atoms with E-state index in [9.17, 15) is 14.7 Å². The molecule has 0 heterocycles. The summed E-state index contributed by atoms with van der Waals surface area (Å²) in [4.78, 5) is 25.3. The van der Waals surface area contributed by atoms with Crippen LogP contribution in [0.5, 0.6) is 17.2 Å². The molecule has 0 bridgehead atoms. The van der Waals surface area contributed by atoms with Gasteiger partial charge >= 0.3 is 0 Å². The monoisotopic (exact) mass is 387 g/mol. The quantitative estimate of drug-likeness (QED) is 0.783. The molecule has 1 unspecified atom stereocenters. The van der Waals surface area contributed by atoms with Crippen molar-refractivity contribution >= 4 is 17.7 Å². The molecule has 0 fully saturated rings. The van der Waals surface area contributed by atoms with Gasteiger partial charge in [-0.15, -0.1) is 11.8 Å². The number of aryl methyl sites for hydroxylation is 1. The number of ether oxygens (including phenoxy) is 2. The number of phenols is 1. The molecule has 3 rings (SSSR count). The highest BCUT2D eigenvalue weighted by Crippen LogP contribution is 2.50. The van der Waals surface area contributed by atoms with Crippen molar-refractivity contribution in [2.45, 2.75) is 23.7 Å². The van der Waals surface area contributed by atoms with Crippen LogP contribution < -0.4 is 20.6 Å². The summed E-state index contributed by atoms with van der Waals surface area (Å²) in [5, 5.41) is 10.3. The molecule has 2 aromatic rings. The van der Waals surface area contributed by atoms with Crippen molar-refractivity contribution in [3.63, 3.8) is 0 Å². The van der Waals surface area contributed by atoms with Gasteiger partial charge in [0.2, 0.25) is 11.7 Å². The number of benzene rings is 1. The average Bonchev–Trinajstić information content (AvgIpc) is 2.88. The fraction of sp³-hybridized carbons (Fsp3) is 0.300. The Kier molecular flexibility index (Phi) is 5.32. The highest BCUT2D eigenvalue weighted by Gasteiger charge is 2.30. The van der Waals surface area contributed by atoms with Crippen molar-refractivity contribution in [2.24, 2.45) is 5.73 Å². The van der Waals surface area contributed by atoms with E-state index in [0.29, 0.717) is 40.2 Å². The van der Waals surface area contributed by atoms with Crippen molar-refractivity contribution in [3.8, 4) is 28.4 Å². The summed E-state index contributed by atoms with van der Waals surface area (Å²) in [6.07, 6.45) is 2.75. The Morgan fingerprint density at radius 2 is 1.93 bits per heavy atom. The lowest BCUT2D eigenvalue weighted by Gasteiger charge is -2.18. The number of hydrogen-bond acceptors (Lipinski definition) is 6. The van der Waals surface area contributed by atoms with Gasteiger partial charge in [0.25, 0.3) is 0 Å². The second-order valence-electron chi connectivity index (χ2n) is 6.27. The number of aromatic hydroxyl groups is 1. The summed E-state index contributed by atoms with van der Waals surface area (Å²) in [7, 11) is 2.93. The smallest absolute Gasteiger partial charge is 0.224 e. The number of carbonyl (C=O) groups is 1. The van der Waals surface area contributed by atoms with Crippen molar-refractivity contribution < 1.29 is 19.4 Å². The minimum Gasteiger partial charge on any atom is -0.504 e. The molecule has 6 nitrogen and oxygen atoms in total. The molecule has 0 aromatic heterocycles. The fourth-order valence-corrected chi connectivity index (χ4v) is 4.09. The zero-order valence-electron chi connectivity index (χ0n) is 15.4. The Hall–Kier alpha value is -2.67. The molecule has 0 spiro atoms. The molecule has 1 atom stereocenters. The second kappa shape index (κ2) is 7.52. The number of fused-ring (bicyclic) bond motifs is 3. The molecule has 1 amide bonds. The van der Waals surface area contributed by atoms with Gasteiger partial charge in [0, 0.05) is 5.56 Å². The Balaban J connectivity index is 2.47. The molecule has 2 aromatic carbocycles. The summed E-state index contributed by atoms with van der Waals surface area (Å²) in [5.74, 6) is -0.570. The fourth-order valence-electron chi connectivity index (χ4n) is 3.63. The molecule has 0 saturated carbocycles. The number of primary amides is 1. The first-order valence-corrected chi connectivity index (χ1v) is 9.64.